The van der Waals surface area contributed by atoms with Crippen molar-refractivity contribution in [2.45, 2.75) is 18.8 Å². The van der Waals surface area contributed by atoms with Crippen LogP contribution in [0.4, 0.5) is 5.82 Å². The van der Waals surface area contributed by atoms with Crippen LogP contribution >= 0.6 is 22.6 Å². The fourth-order valence-electron chi connectivity index (χ4n) is 2.27. The summed E-state index contributed by atoms with van der Waals surface area (Å²) in [5, 5.41) is 0. The van der Waals surface area contributed by atoms with Crippen LogP contribution in [-0.2, 0) is 0 Å². The second-order valence-electron chi connectivity index (χ2n) is 4.97. The predicted octanol–water partition coefficient (Wildman–Crippen LogP) is 2.94. The third-order valence-corrected chi connectivity index (χ3v) is 4.60. The highest BCUT2D eigenvalue weighted by Crippen LogP contribution is 2.43. The third kappa shape index (κ3) is 1.98. The normalized spacial score (nSPS) is 16.4. The lowest BCUT2D eigenvalue weighted by Crippen LogP contribution is -2.04. The first kappa shape index (κ1) is 12.2. The minimum Gasteiger partial charge on any atom is -0.454 e. The Morgan fingerprint density at radius 3 is 2.75 bits per heavy atom. The molecule has 0 spiro atoms. The number of fused-ring (bicyclic) bond motifs is 1. The zero-order valence-electron chi connectivity index (χ0n) is 10.6. The van der Waals surface area contributed by atoms with Gasteiger partial charge in [0.2, 0.25) is 6.79 Å². The monoisotopic (exact) mass is 381 g/mol. The second kappa shape index (κ2) is 4.47. The molecule has 1 fully saturated rings. The van der Waals surface area contributed by atoms with E-state index < -0.39 is 0 Å². The van der Waals surface area contributed by atoms with Gasteiger partial charge in [0.1, 0.15) is 5.82 Å². The Morgan fingerprint density at radius 1 is 1.15 bits per heavy atom. The Labute approximate surface area is 129 Å². The minimum atomic E-state index is 0.266. The van der Waals surface area contributed by atoms with E-state index in [-0.39, 0.29) is 6.79 Å². The van der Waals surface area contributed by atoms with Gasteiger partial charge in [-0.2, -0.15) is 0 Å². The van der Waals surface area contributed by atoms with Crippen LogP contribution in [0.2, 0.25) is 0 Å². The number of hydrogen-bond acceptors (Lipinski definition) is 5. The zero-order valence-corrected chi connectivity index (χ0v) is 12.8. The van der Waals surface area contributed by atoms with Crippen molar-refractivity contribution < 1.29 is 9.47 Å². The summed E-state index contributed by atoms with van der Waals surface area (Å²) in [5.74, 6) is 3.24. The van der Waals surface area contributed by atoms with Gasteiger partial charge in [0.05, 0.1) is 9.26 Å². The van der Waals surface area contributed by atoms with Gasteiger partial charge in [0, 0.05) is 11.5 Å². The molecule has 1 aromatic carbocycles. The molecule has 2 aromatic rings. The molecule has 0 amide bonds. The smallest absolute Gasteiger partial charge is 0.231 e. The summed E-state index contributed by atoms with van der Waals surface area (Å²) in [7, 11) is 0. The van der Waals surface area contributed by atoms with Crippen molar-refractivity contribution in [3.05, 3.63) is 27.5 Å². The largest absolute Gasteiger partial charge is 0.454 e. The number of halogens is 1. The number of ether oxygens (including phenoxy) is 2. The van der Waals surface area contributed by atoms with E-state index in [9.17, 15) is 0 Å². The Bertz CT molecular complexity index is 701. The number of nitrogen functional groups attached to an aromatic ring is 1. The van der Waals surface area contributed by atoms with Crippen LogP contribution in [0, 0.1) is 3.57 Å². The first-order chi connectivity index (χ1) is 9.72. The maximum Gasteiger partial charge on any atom is 0.231 e. The standard InChI is InChI=1S/C14H12IN3O2/c15-11-12(7-1-2-7)17-14(18-13(11)16)8-3-4-9-10(5-8)20-6-19-9/h3-5,7H,1-2,6H2,(H2,16,17,18). The summed E-state index contributed by atoms with van der Waals surface area (Å²) >= 11 is 2.23. The van der Waals surface area contributed by atoms with Gasteiger partial charge in [-0.1, -0.05) is 0 Å². The molecule has 0 unspecified atom stereocenters. The number of nitrogens with two attached hydrogens (primary N) is 1. The summed E-state index contributed by atoms with van der Waals surface area (Å²) in [6.07, 6.45) is 2.38. The van der Waals surface area contributed by atoms with E-state index in [1.807, 2.05) is 18.2 Å². The van der Waals surface area contributed by atoms with Crippen LogP contribution in [0.25, 0.3) is 11.4 Å². The van der Waals surface area contributed by atoms with Crippen LogP contribution in [0.3, 0.4) is 0 Å². The van der Waals surface area contributed by atoms with Crippen molar-refractivity contribution in [2.24, 2.45) is 0 Å². The summed E-state index contributed by atoms with van der Waals surface area (Å²) in [5.41, 5.74) is 8.00. The maximum absolute atomic E-state index is 6.02. The van der Waals surface area contributed by atoms with Gasteiger partial charge in [-0.05, 0) is 53.6 Å². The van der Waals surface area contributed by atoms with Gasteiger partial charge in [-0.15, -0.1) is 0 Å². The molecule has 2 aliphatic rings. The van der Waals surface area contributed by atoms with Gasteiger partial charge in [0.25, 0.3) is 0 Å². The lowest BCUT2D eigenvalue weighted by atomic mass is 10.1. The highest BCUT2D eigenvalue weighted by atomic mass is 127. The molecule has 0 saturated heterocycles. The number of anilines is 1. The van der Waals surface area contributed by atoms with Gasteiger partial charge in [-0.25, -0.2) is 9.97 Å². The quantitative estimate of drug-likeness (QED) is 0.811. The van der Waals surface area contributed by atoms with E-state index in [0.29, 0.717) is 17.6 Å². The second-order valence-corrected chi connectivity index (χ2v) is 6.05. The molecule has 1 aliphatic heterocycles. The number of benzene rings is 1. The minimum absolute atomic E-state index is 0.266. The molecule has 0 radical (unpaired) electrons. The van der Waals surface area contributed by atoms with Crippen LogP contribution in [0.5, 0.6) is 11.5 Å². The fourth-order valence-corrected chi connectivity index (χ4v) is 2.96. The SMILES string of the molecule is Nc1nc(-c2ccc3c(c2)OCO3)nc(C2CC2)c1I. The van der Waals surface area contributed by atoms with Crippen molar-refractivity contribution in [1.82, 2.24) is 9.97 Å². The van der Waals surface area contributed by atoms with E-state index in [2.05, 4.69) is 27.6 Å². The highest BCUT2D eigenvalue weighted by molar-refractivity contribution is 14.1. The number of nitrogens with zero attached hydrogens (tertiary/aromatic N) is 2. The van der Waals surface area contributed by atoms with E-state index >= 15 is 0 Å². The summed E-state index contributed by atoms with van der Waals surface area (Å²) < 4.78 is 11.7. The Balaban J connectivity index is 1.82. The summed E-state index contributed by atoms with van der Waals surface area (Å²) in [6.45, 7) is 0.266. The molecule has 20 heavy (non-hydrogen) atoms. The first-order valence-electron chi connectivity index (χ1n) is 6.45. The predicted molar refractivity (Wildman–Crippen MR) is 82.7 cm³/mol. The summed E-state index contributed by atoms with van der Waals surface area (Å²) in [6, 6.07) is 5.72. The van der Waals surface area contributed by atoms with Gasteiger partial charge in [-0.3, -0.25) is 0 Å². The maximum atomic E-state index is 6.02. The molecule has 1 saturated carbocycles. The van der Waals surface area contributed by atoms with Crippen LogP contribution < -0.4 is 15.2 Å². The number of hydrogen-bond donors (Lipinski definition) is 1. The highest BCUT2D eigenvalue weighted by Gasteiger charge is 2.29. The van der Waals surface area contributed by atoms with E-state index in [0.717, 1.165) is 26.3 Å². The first-order valence-corrected chi connectivity index (χ1v) is 7.53. The fraction of sp³-hybridized carbons (Fsp3) is 0.286. The molecule has 4 rings (SSSR count). The van der Waals surface area contributed by atoms with E-state index in [4.69, 9.17) is 20.2 Å². The molecule has 0 bridgehead atoms. The molecule has 1 aromatic heterocycles. The lowest BCUT2D eigenvalue weighted by Gasteiger charge is -2.08. The molecule has 6 heteroatoms. The van der Waals surface area contributed by atoms with Gasteiger partial charge in [0.15, 0.2) is 17.3 Å². The summed E-state index contributed by atoms with van der Waals surface area (Å²) in [4.78, 5) is 9.10. The average Bonchev–Trinajstić information content (AvgIpc) is 3.18. The molecule has 1 aliphatic carbocycles. The van der Waals surface area contributed by atoms with Crippen LogP contribution in [-0.4, -0.2) is 16.8 Å². The topological polar surface area (TPSA) is 70.3 Å². The zero-order chi connectivity index (χ0) is 13.7. The molecular weight excluding hydrogens is 369 g/mol. The Kier molecular flexibility index (Phi) is 2.73. The molecular formula is C14H12IN3O2. The van der Waals surface area contributed by atoms with Crippen LogP contribution in [0.1, 0.15) is 24.5 Å². The molecule has 102 valence electrons. The van der Waals surface area contributed by atoms with Crippen molar-refractivity contribution in [3.8, 4) is 22.9 Å². The average molecular weight is 381 g/mol. The van der Waals surface area contributed by atoms with E-state index in [1.54, 1.807) is 0 Å². The van der Waals surface area contributed by atoms with Crippen molar-refractivity contribution in [2.75, 3.05) is 12.5 Å². The number of aromatic nitrogens is 2. The third-order valence-electron chi connectivity index (χ3n) is 3.50. The Hall–Kier alpha value is -1.57. The molecule has 2 N–H and O–H groups in total. The van der Waals surface area contributed by atoms with Gasteiger partial charge >= 0.3 is 0 Å². The van der Waals surface area contributed by atoms with Crippen LogP contribution in [0.15, 0.2) is 18.2 Å². The molecule has 0 atom stereocenters. The molecule has 2 heterocycles. The van der Waals surface area contributed by atoms with E-state index in [1.165, 1.54) is 12.8 Å². The van der Waals surface area contributed by atoms with Crippen molar-refractivity contribution >= 4 is 28.4 Å². The molecule has 5 nitrogen and oxygen atoms in total. The van der Waals surface area contributed by atoms with Crippen molar-refractivity contribution in [3.63, 3.8) is 0 Å². The number of rotatable bonds is 2. The van der Waals surface area contributed by atoms with Gasteiger partial charge < -0.3 is 15.2 Å². The van der Waals surface area contributed by atoms with Crippen molar-refractivity contribution in [1.29, 1.82) is 0 Å². The lowest BCUT2D eigenvalue weighted by molar-refractivity contribution is 0.174. The Morgan fingerprint density at radius 2 is 1.95 bits per heavy atom.